The minimum atomic E-state index is -0.561. The average Bonchev–Trinajstić information content (AvgIpc) is 2.56. The lowest BCUT2D eigenvalue weighted by molar-refractivity contribution is -0.138. The molecule has 1 unspecified atom stereocenters. The number of ketones is 1. The third-order valence-corrected chi connectivity index (χ3v) is 5.40. The SMILES string of the molecule is CCOC(=O)C1=C(C)NC2=C(C(=O)CCC2)C1c1cccc(Cl)c1Cl. The van der Waals surface area contributed by atoms with Gasteiger partial charge in [-0.05, 0) is 38.3 Å². The number of carbonyl (C=O) groups is 2. The molecule has 1 aliphatic carbocycles. The monoisotopic (exact) mass is 379 g/mol. The van der Waals surface area contributed by atoms with Gasteiger partial charge in [-0.15, -0.1) is 0 Å². The van der Waals surface area contributed by atoms with Crippen molar-refractivity contribution in [1.82, 2.24) is 5.32 Å². The van der Waals surface area contributed by atoms with Gasteiger partial charge in [-0.3, -0.25) is 4.79 Å². The van der Waals surface area contributed by atoms with E-state index >= 15 is 0 Å². The van der Waals surface area contributed by atoms with E-state index in [1.807, 2.05) is 13.0 Å². The van der Waals surface area contributed by atoms with Crippen LogP contribution in [0.2, 0.25) is 10.0 Å². The Morgan fingerprint density at radius 3 is 2.80 bits per heavy atom. The summed E-state index contributed by atoms with van der Waals surface area (Å²) in [4.78, 5) is 25.3. The highest BCUT2D eigenvalue weighted by Crippen LogP contribution is 2.45. The first-order chi connectivity index (χ1) is 12.0. The first-order valence-electron chi connectivity index (χ1n) is 8.30. The van der Waals surface area contributed by atoms with Crippen molar-refractivity contribution in [2.75, 3.05) is 6.61 Å². The maximum atomic E-state index is 12.7. The summed E-state index contributed by atoms with van der Waals surface area (Å²) in [5, 5.41) is 3.98. The number of hydrogen-bond acceptors (Lipinski definition) is 4. The van der Waals surface area contributed by atoms with Crippen LogP contribution in [-0.2, 0) is 14.3 Å². The van der Waals surface area contributed by atoms with Crippen molar-refractivity contribution in [3.05, 3.63) is 56.3 Å². The fourth-order valence-corrected chi connectivity index (χ4v) is 3.93. The number of allylic oxidation sites excluding steroid dienone is 3. The summed E-state index contributed by atoms with van der Waals surface area (Å²) in [5.41, 5.74) is 3.22. The fraction of sp³-hybridized carbons (Fsp3) is 0.368. The van der Waals surface area contributed by atoms with Gasteiger partial charge in [-0.2, -0.15) is 0 Å². The standard InChI is InChI=1S/C19H19Cl2NO3/c1-3-25-19(24)15-10(2)22-13-8-5-9-14(23)17(13)16(15)11-6-4-7-12(20)18(11)21/h4,6-7,16,22H,3,5,8-9H2,1-2H3. The van der Waals surface area contributed by atoms with Crippen LogP contribution in [0.5, 0.6) is 0 Å². The number of carbonyl (C=O) groups excluding carboxylic acids is 2. The predicted octanol–water partition coefficient (Wildman–Crippen LogP) is 4.52. The number of dihydropyridines is 1. The van der Waals surface area contributed by atoms with Crippen molar-refractivity contribution in [2.24, 2.45) is 0 Å². The zero-order valence-electron chi connectivity index (χ0n) is 14.1. The average molecular weight is 380 g/mol. The first kappa shape index (κ1) is 18.0. The first-order valence-corrected chi connectivity index (χ1v) is 9.06. The molecule has 1 aromatic rings. The quantitative estimate of drug-likeness (QED) is 0.784. The highest BCUT2D eigenvalue weighted by Gasteiger charge is 2.40. The van der Waals surface area contributed by atoms with E-state index < -0.39 is 11.9 Å². The van der Waals surface area contributed by atoms with E-state index in [1.165, 1.54) is 0 Å². The molecule has 25 heavy (non-hydrogen) atoms. The zero-order valence-corrected chi connectivity index (χ0v) is 15.6. The van der Waals surface area contributed by atoms with Gasteiger partial charge < -0.3 is 10.1 Å². The molecule has 2 aliphatic rings. The van der Waals surface area contributed by atoms with Gasteiger partial charge in [0.1, 0.15) is 0 Å². The highest BCUT2D eigenvalue weighted by atomic mass is 35.5. The second kappa shape index (κ2) is 7.22. The van der Waals surface area contributed by atoms with Crippen LogP contribution in [0, 0.1) is 0 Å². The van der Waals surface area contributed by atoms with Gasteiger partial charge in [0.15, 0.2) is 5.78 Å². The Morgan fingerprint density at radius 2 is 2.08 bits per heavy atom. The van der Waals surface area contributed by atoms with Gasteiger partial charge in [0.25, 0.3) is 0 Å². The van der Waals surface area contributed by atoms with E-state index in [0.717, 1.165) is 18.5 Å². The van der Waals surface area contributed by atoms with Gasteiger partial charge in [0.2, 0.25) is 0 Å². The molecule has 0 amide bonds. The van der Waals surface area contributed by atoms with Crippen LogP contribution in [0.15, 0.2) is 40.7 Å². The molecule has 0 spiro atoms. The molecule has 1 aromatic carbocycles. The van der Waals surface area contributed by atoms with Crippen molar-refractivity contribution in [3.63, 3.8) is 0 Å². The predicted molar refractivity (Wildman–Crippen MR) is 97.6 cm³/mol. The second-order valence-corrected chi connectivity index (χ2v) is 6.91. The van der Waals surface area contributed by atoms with Crippen LogP contribution in [0.25, 0.3) is 0 Å². The second-order valence-electron chi connectivity index (χ2n) is 6.13. The van der Waals surface area contributed by atoms with Crippen LogP contribution >= 0.6 is 23.2 Å². The van der Waals surface area contributed by atoms with Gasteiger partial charge in [0, 0.05) is 29.3 Å². The van der Waals surface area contributed by atoms with E-state index in [2.05, 4.69) is 5.32 Å². The number of halogens is 2. The molecule has 1 N–H and O–H groups in total. The number of Topliss-reactive ketones (excluding diaryl/α,β-unsaturated/α-hetero) is 1. The number of benzene rings is 1. The maximum absolute atomic E-state index is 12.7. The van der Waals surface area contributed by atoms with Crippen molar-refractivity contribution in [2.45, 2.75) is 39.0 Å². The highest BCUT2D eigenvalue weighted by molar-refractivity contribution is 6.42. The van der Waals surface area contributed by atoms with Gasteiger partial charge in [-0.25, -0.2) is 4.79 Å². The number of ether oxygens (including phenoxy) is 1. The molecule has 1 heterocycles. The van der Waals surface area contributed by atoms with Crippen LogP contribution in [0.4, 0.5) is 0 Å². The largest absolute Gasteiger partial charge is 0.463 e. The molecule has 1 aliphatic heterocycles. The molecule has 0 fully saturated rings. The lowest BCUT2D eigenvalue weighted by Crippen LogP contribution is -2.34. The van der Waals surface area contributed by atoms with E-state index in [4.69, 9.17) is 27.9 Å². The topological polar surface area (TPSA) is 55.4 Å². The van der Waals surface area contributed by atoms with Crippen LogP contribution in [0.1, 0.15) is 44.6 Å². The Hall–Kier alpha value is -1.78. The summed E-state index contributed by atoms with van der Waals surface area (Å²) in [6.07, 6.45) is 2.02. The number of nitrogens with one attached hydrogen (secondary N) is 1. The van der Waals surface area contributed by atoms with E-state index in [9.17, 15) is 9.59 Å². The summed E-state index contributed by atoms with van der Waals surface area (Å²) in [6.45, 7) is 3.83. The molecule has 3 rings (SSSR count). The van der Waals surface area contributed by atoms with Crippen molar-refractivity contribution in [3.8, 4) is 0 Å². The summed E-state index contributed by atoms with van der Waals surface area (Å²) >= 11 is 12.6. The van der Waals surface area contributed by atoms with Gasteiger partial charge in [0.05, 0.1) is 22.2 Å². The Bertz CT molecular complexity index is 811. The number of hydrogen-bond donors (Lipinski definition) is 1. The van der Waals surface area contributed by atoms with Crippen LogP contribution < -0.4 is 5.32 Å². The molecule has 132 valence electrons. The molecule has 0 radical (unpaired) electrons. The normalized spacial score (nSPS) is 20.3. The van der Waals surface area contributed by atoms with Crippen LogP contribution in [-0.4, -0.2) is 18.4 Å². The molecule has 0 saturated carbocycles. The molecule has 0 bridgehead atoms. The van der Waals surface area contributed by atoms with Crippen molar-refractivity contribution >= 4 is 35.0 Å². The molecule has 0 aromatic heterocycles. The summed E-state index contributed by atoms with van der Waals surface area (Å²) < 4.78 is 5.24. The van der Waals surface area contributed by atoms with Crippen LogP contribution in [0.3, 0.4) is 0 Å². The third-order valence-electron chi connectivity index (χ3n) is 4.56. The molecule has 4 nitrogen and oxygen atoms in total. The summed E-state index contributed by atoms with van der Waals surface area (Å²) in [6, 6.07) is 5.27. The lowest BCUT2D eigenvalue weighted by atomic mass is 9.75. The smallest absolute Gasteiger partial charge is 0.336 e. The Kier molecular flexibility index (Phi) is 5.21. The minimum absolute atomic E-state index is 0.0316. The third kappa shape index (κ3) is 3.21. The molecule has 1 atom stereocenters. The minimum Gasteiger partial charge on any atom is -0.463 e. The van der Waals surface area contributed by atoms with Crippen molar-refractivity contribution in [1.29, 1.82) is 0 Å². The number of esters is 1. The van der Waals surface area contributed by atoms with Gasteiger partial charge in [-0.1, -0.05) is 35.3 Å². The maximum Gasteiger partial charge on any atom is 0.336 e. The zero-order chi connectivity index (χ0) is 18.1. The van der Waals surface area contributed by atoms with Gasteiger partial charge >= 0.3 is 5.97 Å². The van der Waals surface area contributed by atoms with E-state index in [1.54, 1.807) is 19.1 Å². The molecular formula is C19H19Cl2NO3. The van der Waals surface area contributed by atoms with Crippen molar-refractivity contribution < 1.29 is 14.3 Å². The molecular weight excluding hydrogens is 361 g/mol. The Balaban J connectivity index is 2.22. The van der Waals surface area contributed by atoms with E-state index in [0.29, 0.717) is 38.9 Å². The fourth-order valence-electron chi connectivity index (χ4n) is 3.52. The lowest BCUT2D eigenvalue weighted by Gasteiger charge is -2.34. The Morgan fingerprint density at radius 1 is 1.32 bits per heavy atom. The summed E-state index contributed by atoms with van der Waals surface area (Å²) in [5.74, 6) is -0.975. The molecule has 0 saturated heterocycles. The number of rotatable bonds is 3. The molecule has 6 heteroatoms. The van der Waals surface area contributed by atoms with E-state index in [-0.39, 0.29) is 12.4 Å². The summed E-state index contributed by atoms with van der Waals surface area (Å²) in [7, 11) is 0. The Labute approximate surface area is 156 Å².